The maximum atomic E-state index is 2.30. The summed E-state index contributed by atoms with van der Waals surface area (Å²) in [6.07, 6.45) is 4.35. The van der Waals surface area contributed by atoms with Crippen LogP contribution in [0.15, 0.2) is 164 Å². The van der Waals surface area contributed by atoms with Crippen molar-refractivity contribution in [3.63, 3.8) is 0 Å². The lowest BCUT2D eigenvalue weighted by Crippen LogP contribution is -2.20. The molecular weight excluding hydrogens is 487 g/mol. The van der Waals surface area contributed by atoms with Gasteiger partial charge in [-0.1, -0.05) is 176 Å². The van der Waals surface area contributed by atoms with Gasteiger partial charge in [-0.2, -0.15) is 0 Å². The highest BCUT2D eigenvalue weighted by Crippen LogP contribution is 2.33. The molecule has 0 spiro atoms. The zero-order chi connectivity index (χ0) is 26.3. The summed E-state index contributed by atoms with van der Waals surface area (Å²) in [6, 6.07) is 58.9. The van der Waals surface area contributed by atoms with E-state index in [2.05, 4.69) is 176 Å². The molecule has 0 radical (unpaired) electrons. The highest BCUT2D eigenvalue weighted by atomic mass is 31.1. The summed E-state index contributed by atoms with van der Waals surface area (Å²) in [5.74, 6) is 0. The minimum Gasteiger partial charge on any atom is -0.0622 e. The van der Waals surface area contributed by atoms with Gasteiger partial charge in [0.2, 0.25) is 0 Å². The molecule has 186 valence electrons. The van der Waals surface area contributed by atoms with E-state index in [9.17, 15) is 0 Å². The van der Waals surface area contributed by atoms with Crippen LogP contribution in [0.3, 0.4) is 0 Å². The van der Waals surface area contributed by atoms with Crippen LogP contribution in [0, 0.1) is 0 Å². The zero-order valence-corrected chi connectivity index (χ0v) is 22.6. The maximum Gasteiger partial charge on any atom is -0.0134 e. The summed E-state index contributed by atoms with van der Waals surface area (Å²) in [5.41, 5.74) is 7.34. The van der Waals surface area contributed by atoms with Crippen molar-refractivity contribution in [3.8, 4) is 22.3 Å². The Kier molecular flexibility index (Phi) is 7.57. The van der Waals surface area contributed by atoms with Crippen LogP contribution in [0.4, 0.5) is 0 Å². The third-order valence-corrected chi connectivity index (χ3v) is 9.33. The van der Waals surface area contributed by atoms with Crippen molar-refractivity contribution >= 4 is 36.0 Å². The fourth-order valence-electron chi connectivity index (χ4n) is 4.80. The molecule has 0 aliphatic heterocycles. The topological polar surface area (TPSA) is 0 Å². The summed E-state index contributed by atoms with van der Waals surface area (Å²) in [7, 11) is -0.584. The highest BCUT2D eigenvalue weighted by molar-refractivity contribution is 7.79. The van der Waals surface area contributed by atoms with Gasteiger partial charge in [-0.05, 0) is 57.2 Å². The van der Waals surface area contributed by atoms with Crippen molar-refractivity contribution in [2.45, 2.75) is 0 Å². The van der Waals surface area contributed by atoms with Crippen LogP contribution in [0.1, 0.15) is 11.1 Å². The molecule has 0 saturated heterocycles. The van der Waals surface area contributed by atoms with Crippen molar-refractivity contribution in [3.05, 3.63) is 175 Å². The van der Waals surface area contributed by atoms with Crippen molar-refractivity contribution in [2.75, 3.05) is 0 Å². The van der Waals surface area contributed by atoms with E-state index >= 15 is 0 Å². The van der Waals surface area contributed by atoms with Gasteiger partial charge in [0.25, 0.3) is 0 Å². The number of rotatable bonds is 7. The predicted octanol–water partition coefficient (Wildman–Crippen LogP) is 8.95. The first-order valence-corrected chi connectivity index (χ1v) is 14.6. The van der Waals surface area contributed by atoms with E-state index in [-0.39, 0.29) is 0 Å². The molecule has 0 saturated carbocycles. The van der Waals surface area contributed by atoms with Gasteiger partial charge in [0.1, 0.15) is 0 Å². The predicted molar refractivity (Wildman–Crippen MR) is 171 cm³/mol. The molecule has 0 aromatic heterocycles. The van der Waals surface area contributed by atoms with Gasteiger partial charge in [-0.3, -0.25) is 0 Å². The van der Waals surface area contributed by atoms with Crippen LogP contribution >= 0.6 is 7.92 Å². The van der Waals surface area contributed by atoms with Gasteiger partial charge in [0.15, 0.2) is 0 Å². The fraction of sp³-hybridized carbons (Fsp3) is 0. The number of benzene rings is 6. The van der Waals surface area contributed by atoms with Crippen LogP contribution in [-0.2, 0) is 0 Å². The first kappa shape index (κ1) is 24.8. The van der Waals surface area contributed by atoms with Crippen LogP contribution < -0.4 is 15.9 Å². The Balaban J connectivity index is 1.17. The van der Waals surface area contributed by atoms with E-state index in [0.29, 0.717) is 0 Å². The van der Waals surface area contributed by atoms with Crippen LogP contribution in [0.2, 0.25) is 0 Å². The molecule has 0 fully saturated rings. The first-order chi connectivity index (χ1) is 19.3. The Labute approximate surface area is 232 Å². The molecule has 0 bridgehead atoms. The second kappa shape index (κ2) is 11.9. The molecule has 6 aromatic carbocycles. The van der Waals surface area contributed by atoms with Crippen LogP contribution in [0.25, 0.3) is 34.4 Å². The van der Waals surface area contributed by atoms with Gasteiger partial charge in [-0.25, -0.2) is 0 Å². The molecule has 0 aliphatic carbocycles. The molecule has 0 aliphatic rings. The smallest absolute Gasteiger partial charge is 0.0134 e. The maximum absolute atomic E-state index is 2.30. The largest absolute Gasteiger partial charge is 0.0622 e. The van der Waals surface area contributed by atoms with Crippen molar-refractivity contribution in [2.24, 2.45) is 0 Å². The summed E-state index contributed by atoms with van der Waals surface area (Å²) in [5, 5.41) is 4.11. The Morgan fingerprint density at radius 2 is 0.590 bits per heavy atom. The standard InChI is InChI=1S/C38H29P/c1-4-10-32(11-5-1)33-22-18-30(19-23-33)16-17-31-20-24-34(25-21-31)35-26-28-38(29-27-35)39(36-12-6-2-7-13-36)37-14-8-3-9-15-37/h1-29H/b17-16-. The molecule has 39 heavy (non-hydrogen) atoms. The highest BCUT2D eigenvalue weighted by Gasteiger charge is 2.16. The van der Waals surface area contributed by atoms with Crippen LogP contribution in [0.5, 0.6) is 0 Å². The zero-order valence-electron chi connectivity index (χ0n) is 21.7. The van der Waals surface area contributed by atoms with E-state index < -0.39 is 7.92 Å². The minimum absolute atomic E-state index is 0.584. The second-order valence-electron chi connectivity index (χ2n) is 9.50. The fourth-order valence-corrected chi connectivity index (χ4v) is 7.08. The van der Waals surface area contributed by atoms with E-state index in [1.807, 2.05) is 0 Å². The molecule has 0 heterocycles. The summed E-state index contributed by atoms with van der Waals surface area (Å²) in [6.45, 7) is 0. The van der Waals surface area contributed by atoms with Crippen LogP contribution in [-0.4, -0.2) is 0 Å². The SMILES string of the molecule is C(=C/c1ccc(-c2ccc(P(c3ccccc3)c3ccccc3)cc2)cc1)/c1ccc(-c2ccccc2)cc1. The molecular formula is C38H29P. The van der Waals surface area contributed by atoms with Gasteiger partial charge in [-0.15, -0.1) is 0 Å². The second-order valence-corrected chi connectivity index (χ2v) is 11.7. The van der Waals surface area contributed by atoms with Gasteiger partial charge in [0, 0.05) is 0 Å². The average Bonchev–Trinajstić information content (AvgIpc) is 3.03. The lowest BCUT2D eigenvalue weighted by molar-refractivity contribution is 1.59. The summed E-state index contributed by atoms with van der Waals surface area (Å²) >= 11 is 0. The Hall–Kier alpha value is -4.51. The molecule has 1 heteroatoms. The minimum atomic E-state index is -0.584. The summed E-state index contributed by atoms with van der Waals surface area (Å²) in [4.78, 5) is 0. The molecule has 6 rings (SSSR count). The molecule has 0 nitrogen and oxygen atoms in total. The molecule has 0 unspecified atom stereocenters. The molecule has 0 amide bonds. The van der Waals surface area contributed by atoms with Gasteiger partial charge >= 0.3 is 0 Å². The van der Waals surface area contributed by atoms with E-state index in [1.165, 1.54) is 49.3 Å². The summed E-state index contributed by atoms with van der Waals surface area (Å²) < 4.78 is 0. The van der Waals surface area contributed by atoms with E-state index in [0.717, 1.165) is 0 Å². The Bertz CT molecular complexity index is 1590. The lowest BCUT2D eigenvalue weighted by Gasteiger charge is -2.19. The van der Waals surface area contributed by atoms with E-state index in [4.69, 9.17) is 0 Å². The first-order valence-electron chi connectivity index (χ1n) is 13.3. The Morgan fingerprint density at radius 1 is 0.282 bits per heavy atom. The molecule has 0 atom stereocenters. The van der Waals surface area contributed by atoms with Crippen molar-refractivity contribution in [1.82, 2.24) is 0 Å². The third-order valence-electron chi connectivity index (χ3n) is 6.88. The Morgan fingerprint density at radius 3 is 1.00 bits per heavy atom. The number of hydrogen-bond donors (Lipinski definition) is 0. The molecule has 0 N–H and O–H groups in total. The monoisotopic (exact) mass is 516 g/mol. The normalized spacial score (nSPS) is 11.2. The third kappa shape index (κ3) is 5.99. The van der Waals surface area contributed by atoms with Crippen molar-refractivity contribution < 1.29 is 0 Å². The van der Waals surface area contributed by atoms with Crippen molar-refractivity contribution in [1.29, 1.82) is 0 Å². The van der Waals surface area contributed by atoms with Gasteiger partial charge < -0.3 is 0 Å². The lowest BCUT2D eigenvalue weighted by atomic mass is 10.0. The number of hydrogen-bond acceptors (Lipinski definition) is 0. The van der Waals surface area contributed by atoms with E-state index in [1.54, 1.807) is 0 Å². The average molecular weight is 517 g/mol. The quantitative estimate of drug-likeness (QED) is 0.147. The van der Waals surface area contributed by atoms with Gasteiger partial charge in [0.05, 0.1) is 0 Å². The molecule has 6 aromatic rings.